The van der Waals surface area contributed by atoms with Gasteiger partial charge in [-0.05, 0) is 0 Å². The van der Waals surface area contributed by atoms with Crippen LogP contribution in [-0.4, -0.2) is 47.5 Å². The van der Waals surface area contributed by atoms with Crippen LogP contribution >= 0.6 is 0 Å². The van der Waals surface area contributed by atoms with Crippen molar-refractivity contribution in [1.29, 1.82) is 0 Å². The minimum atomic E-state index is -0.213. The molecule has 0 fully saturated rings. The van der Waals surface area contributed by atoms with Gasteiger partial charge in [-0.2, -0.15) is 0 Å². The highest BCUT2D eigenvalue weighted by Crippen LogP contribution is 2.01. The summed E-state index contributed by atoms with van der Waals surface area (Å²) in [6.45, 7) is 1.98. The maximum absolute atomic E-state index is 9.17. The van der Waals surface area contributed by atoms with Gasteiger partial charge in [0.2, 0.25) is 0 Å². The lowest BCUT2D eigenvalue weighted by Crippen LogP contribution is -2.44. The molecule has 10 heavy (non-hydrogen) atoms. The average Bonchev–Trinajstić information content (AvgIpc) is 1.89. The summed E-state index contributed by atoms with van der Waals surface area (Å²) in [4.78, 5) is 0. The highest BCUT2D eigenvalue weighted by molar-refractivity contribution is 4.30. The molecule has 0 heterocycles. The number of aliphatic hydroxyl groups excluding tert-OH is 1. The fourth-order valence-corrected chi connectivity index (χ4v) is 0.548. The molecule has 0 rings (SSSR count). The van der Waals surface area contributed by atoms with Crippen LogP contribution in [0.3, 0.4) is 0 Å². The second-order valence-electron chi connectivity index (χ2n) is 3.01. The van der Waals surface area contributed by atoms with E-state index in [2.05, 4.69) is 0 Å². The van der Waals surface area contributed by atoms with Crippen molar-refractivity contribution in [1.82, 2.24) is 0 Å². The van der Waals surface area contributed by atoms with Crippen molar-refractivity contribution < 1.29 is 20.1 Å². The third-order valence-corrected chi connectivity index (χ3v) is 1.26. The van der Waals surface area contributed by atoms with Crippen LogP contribution in [0.2, 0.25) is 0 Å². The Morgan fingerprint density at radius 1 is 1.20 bits per heavy atom. The number of quaternary nitrogens is 1. The first kappa shape index (κ1) is 12.5. The maximum atomic E-state index is 9.17. The predicted octanol–water partition coefficient (Wildman–Crippen LogP) is 0.438. The van der Waals surface area contributed by atoms with Crippen molar-refractivity contribution in [2.75, 3.05) is 21.1 Å². The van der Waals surface area contributed by atoms with Gasteiger partial charge in [-0.1, -0.05) is 6.92 Å². The molecule has 1 unspecified atom stereocenters. The minimum Gasteiger partial charge on any atom is -0.345 e. The lowest BCUT2D eigenvalue weighted by Gasteiger charge is -2.28. The second kappa shape index (κ2) is 5.61. The van der Waals surface area contributed by atoms with Crippen molar-refractivity contribution in [3.05, 3.63) is 0 Å². The van der Waals surface area contributed by atoms with Gasteiger partial charge in [0, 0.05) is 6.42 Å². The van der Waals surface area contributed by atoms with Crippen molar-refractivity contribution >= 4 is 0 Å². The third kappa shape index (κ3) is 5.97. The van der Waals surface area contributed by atoms with Crippen LogP contribution in [-0.2, 0) is 0 Å². The summed E-state index contributed by atoms with van der Waals surface area (Å²) >= 11 is 0. The second-order valence-corrected chi connectivity index (χ2v) is 3.01. The van der Waals surface area contributed by atoms with E-state index in [-0.39, 0.29) is 6.23 Å². The maximum Gasteiger partial charge on any atom is 0.189 e. The van der Waals surface area contributed by atoms with E-state index in [0.717, 1.165) is 6.42 Å². The van der Waals surface area contributed by atoms with Crippen molar-refractivity contribution in [2.45, 2.75) is 19.6 Å². The molecule has 1 atom stereocenters. The van der Waals surface area contributed by atoms with Gasteiger partial charge < -0.3 is 9.59 Å². The summed E-state index contributed by atoms with van der Waals surface area (Å²) in [5.74, 6) is 0. The monoisotopic (exact) mass is 152 g/mol. The Bertz CT molecular complexity index is 69.9. The van der Waals surface area contributed by atoms with Gasteiger partial charge in [0.05, 0.1) is 21.1 Å². The molecule has 4 nitrogen and oxygen atoms in total. The van der Waals surface area contributed by atoms with E-state index in [0.29, 0.717) is 4.48 Å². The quantitative estimate of drug-likeness (QED) is 0.233. The van der Waals surface area contributed by atoms with Gasteiger partial charge in [-0.3, -0.25) is 10.5 Å². The zero-order chi connectivity index (χ0) is 8.78. The van der Waals surface area contributed by atoms with Gasteiger partial charge in [0.15, 0.2) is 6.23 Å². The molecule has 0 aromatic rings. The summed E-state index contributed by atoms with van der Waals surface area (Å²) in [5.41, 5.74) is 0. The van der Waals surface area contributed by atoms with Gasteiger partial charge in [0.25, 0.3) is 0 Å². The number of nitrogens with zero attached hydrogens (tertiary/aromatic N) is 1. The molecule has 0 bridgehead atoms. The number of aliphatic hydroxyl groups is 1. The highest BCUT2D eigenvalue weighted by Gasteiger charge is 2.16. The normalized spacial score (nSPS) is 13.5. The largest absolute Gasteiger partial charge is 0.345 e. The predicted molar refractivity (Wildman–Crippen MR) is 39.6 cm³/mol. The molecule has 0 spiro atoms. The fraction of sp³-hybridized carbons (Fsp3) is 1.00. The summed E-state index contributed by atoms with van der Waals surface area (Å²) in [6.07, 6.45) is 0.610. The molecular weight excluding hydrogens is 134 g/mol. The van der Waals surface area contributed by atoms with Crippen LogP contribution in [0.5, 0.6) is 0 Å². The summed E-state index contributed by atoms with van der Waals surface area (Å²) < 4.78 is 0.635. The molecule has 0 aliphatic carbocycles. The van der Waals surface area contributed by atoms with Gasteiger partial charge in [0.1, 0.15) is 0 Å². The van der Waals surface area contributed by atoms with E-state index in [1.54, 1.807) is 0 Å². The Labute approximate surface area is 61.9 Å². The Morgan fingerprint density at radius 2 is 1.50 bits per heavy atom. The Hall–Kier alpha value is -0.160. The zero-order valence-corrected chi connectivity index (χ0v) is 7.07. The fourth-order valence-electron chi connectivity index (χ4n) is 0.548. The van der Waals surface area contributed by atoms with Crippen LogP contribution in [0.4, 0.5) is 0 Å². The number of rotatable bonds is 2. The van der Waals surface area contributed by atoms with Crippen molar-refractivity contribution in [3.63, 3.8) is 0 Å². The topological polar surface area (TPSA) is 60.7 Å². The lowest BCUT2D eigenvalue weighted by molar-refractivity contribution is -0.918. The molecule has 0 aromatic heterocycles. The van der Waals surface area contributed by atoms with E-state index in [4.69, 9.17) is 15.6 Å². The SMILES string of the molecule is CCC(O)[N+](C)(C)C.OO. The van der Waals surface area contributed by atoms with Crippen LogP contribution in [0, 0.1) is 0 Å². The Balaban J connectivity index is 0. The van der Waals surface area contributed by atoms with E-state index in [9.17, 15) is 0 Å². The minimum absolute atomic E-state index is 0.213. The zero-order valence-electron chi connectivity index (χ0n) is 7.07. The molecule has 0 aliphatic rings. The molecule has 4 heteroatoms. The van der Waals surface area contributed by atoms with Gasteiger partial charge >= 0.3 is 0 Å². The van der Waals surface area contributed by atoms with E-state index in [1.807, 2.05) is 28.1 Å². The molecular formula is C6H18NO3+. The van der Waals surface area contributed by atoms with Gasteiger partial charge in [-0.25, -0.2) is 0 Å². The summed E-state index contributed by atoms with van der Waals surface area (Å²) in [6, 6.07) is 0. The smallest absolute Gasteiger partial charge is 0.189 e. The Kier molecular flexibility index (Phi) is 7.02. The Morgan fingerprint density at radius 3 is 1.50 bits per heavy atom. The number of hydrogen-bond donors (Lipinski definition) is 3. The lowest BCUT2D eigenvalue weighted by atomic mass is 10.4. The van der Waals surface area contributed by atoms with E-state index < -0.39 is 0 Å². The molecule has 0 radical (unpaired) electrons. The van der Waals surface area contributed by atoms with Crippen molar-refractivity contribution in [3.8, 4) is 0 Å². The van der Waals surface area contributed by atoms with Gasteiger partial charge in [-0.15, -0.1) is 0 Å². The van der Waals surface area contributed by atoms with Crippen LogP contribution in [0.1, 0.15) is 13.3 Å². The molecule has 3 N–H and O–H groups in total. The molecule has 0 aliphatic heterocycles. The third-order valence-electron chi connectivity index (χ3n) is 1.26. The summed E-state index contributed by atoms with van der Waals surface area (Å²) in [5, 5.41) is 21.2. The van der Waals surface area contributed by atoms with E-state index in [1.165, 1.54) is 0 Å². The number of hydrogen-bond acceptors (Lipinski definition) is 3. The average molecular weight is 152 g/mol. The first-order chi connectivity index (χ1) is 4.48. The van der Waals surface area contributed by atoms with Crippen molar-refractivity contribution in [2.24, 2.45) is 0 Å². The molecule has 0 saturated heterocycles. The van der Waals surface area contributed by atoms with Crippen LogP contribution < -0.4 is 0 Å². The molecule has 64 valence electrons. The standard InChI is InChI=1S/C6H16NO.H2O2/c1-5-6(8)7(2,3)4;1-2/h6,8H,5H2,1-4H3;1-2H/q+1;. The van der Waals surface area contributed by atoms with E-state index >= 15 is 0 Å². The highest BCUT2D eigenvalue weighted by atomic mass is 17.0. The first-order valence-corrected chi connectivity index (χ1v) is 3.17. The molecule has 0 amide bonds. The molecule has 0 saturated carbocycles. The van der Waals surface area contributed by atoms with Crippen LogP contribution in [0.25, 0.3) is 0 Å². The molecule has 0 aromatic carbocycles. The van der Waals surface area contributed by atoms with Crippen LogP contribution in [0.15, 0.2) is 0 Å². The summed E-state index contributed by atoms with van der Waals surface area (Å²) in [7, 11) is 5.94. The first-order valence-electron chi connectivity index (χ1n) is 3.17.